The Hall–Kier alpha value is -1.28. The van der Waals surface area contributed by atoms with Crippen LogP contribution in [0.3, 0.4) is 0 Å². The molecule has 0 bridgehead atoms. The highest BCUT2D eigenvalue weighted by molar-refractivity contribution is 5.69. The normalized spacial score (nSPS) is 10.9. The largest absolute Gasteiger partial charge is 0.472 e. The van der Waals surface area contributed by atoms with Crippen LogP contribution in [0.15, 0.2) is 35.1 Å². The van der Waals surface area contributed by atoms with E-state index in [4.69, 9.17) is 9.52 Å². The Labute approximate surface area is 83.5 Å². The van der Waals surface area contributed by atoms with Crippen molar-refractivity contribution in [3.63, 3.8) is 0 Å². The molecule has 0 fully saturated rings. The van der Waals surface area contributed by atoms with Crippen LogP contribution in [0.4, 0.5) is 0 Å². The van der Waals surface area contributed by atoms with E-state index >= 15 is 0 Å². The van der Waals surface area contributed by atoms with Gasteiger partial charge in [-0.15, -0.1) is 0 Å². The van der Waals surface area contributed by atoms with Crippen molar-refractivity contribution in [2.24, 2.45) is 0 Å². The minimum Gasteiger partial charge on any atom is -0.472 e. The molecule has 0 aromatic heterocycles. The molecule has 74 valence electrons. The SMILES string of the molecule is OCCCCc1ccc2ccocc1-2. The van der Waals surface area contributed by atoms with Gasteiger partial charge in [0.25, 0.3) is 0 Å². The summed E-state index contributed by atoms with van der Waals surface area (Å²) in [6.45, 7) is 0.281. The first-order valence-electron chi connectivity index (χ1n) is 4.96. The average Bonchev–Trinajstić information content (AvgIpc) is 2.63. The summed E-state index contributed by atoms with van der Waals surface area (Å²) in [6.07, 6.45) is 6.41. The third kappa shape index (κ3) is 1.80. The van der Waals surface area contributed by atoms with Crippen LogP contribution in [0.1, 0.15) is 18.4 Å². The number of aliphatic hydroxyl groups excluding tert-OH is 1. The van der Waals surface area contributed by atoms with Crippen LogP contribution in [0.5, 0.6) is 0 Å². The molecule has 2 aliphatic rings. The van der Waals surface area contributed by atoms with E-state index < -0.39 is 0 Å². The van der Waals surface area contributed by atoms with Crippen LogP contribution in [-0.4, -0.2) is 11.7 Å². The Morgan fingerprint density at radius 2 is 2.07 bits per heavy atom. The van der Waals surface area contributed by atoms with Gasteiger partial charge >= 0.3 is 0 Å². The Kier molecular flexibility index (Phi) is 2.84. The third-order valence-corrected chi connectivity index (χ3v) is 2.49. The molecule has 0 amide bonds. The standard InChI is InChI=1S/C12H14O2/c13-7-2-1-3-10-4-5-11-6-8-14-9-12(10)11/h4-6,8-9,13H,1-3,7H2. The zero-order valence-corrected chi connectivity index (χ0v) is 8.07. The second-order valence-corrected chi connectivity index (χ2v) is 3.46. The van der Waals surface area contributed by atoms with Gasteiger partial charge in [0.05, 0.1) is 12.5 Å². The van der Waals surface area contributed by atoms with Gasteiger partial charge in [0.2, 0.25) is 0 Å². The molecule has 0 aromatic rings. The molecule has 2 rings (SSSR count). The van der Waals surface area contributed by atoms with E-state index in [0.717, 1.165) is 19.3 Å². The van der Waals surface area contributed by atoms with Crippen molar-refractivity contribution in [3.8, 4) is 11.1 Å². The van der Waals surface area contributed by atoms with Crippen molar-refractivity contribution in [2.75, 3.05) is 6.61 Å². The van der Waals surface area contributed by atoms with Crippen LogP contribution >= 0.6 is 0 Å². The van der Waals surface area contributed by atoms with Crippen LogP contribution in [0.2, 0.25) is 0 Å². The van der Waals surface area contributed by atoms with Crippen molar-refractivity contribution < 1.29 is 9.52 Å². The van der Waals surface area contributed by atoms with Gasteiger partial charge in [-0.25, -0.2) is 0 Å². The van der Waals surface area contributed by atoms with Gasteiger partial charge in [0.15, 0.2) is 0 Å². The number of hydrogen-bond donors (Lipinski definition) is 1. The van der Waals surface area contributed by atoms with E-state index in [9.17, 15) is 0 Å². The highest BCUT2D eigenvalue weighted by Gasteiger charge is 2.08. The van der Waals surface area contributed by atoms with Crippen molar-refractivity contribution >= 4 is 0 Å². The van der Waals surface area contributed by atoms with Crippen LogP contribution in [0, 0.1) is 0 Å². The quantitative estimate of drug-likeness (QED) is 0.752. The van der Waals surface area contributed by atoms with Crippen LogP contribution in [0.25, 0.3) is 11.1 Å². The lowest BCUT2D eigenvalue weighted by Gasteiger charge is -2.01. The molecule has 0 atom stereocenters. The van der Waals surface area contributed by atoms with E-state index in [1.54, 1.807) is 12.5 Å². The lowest BCUT2D eigenvalue weighted by Crippen LogP contribution is -1.88. The van der Waals surface area contributed by atoms with Crippen LogP contribution < -0.4 is 0 Å². The molecule has 1 aliphatic carbocycles. The number of aliphatic hydroxyl groups is 1. The molecule has 14 heavy (non-hydrogen) atoms. The van der Waals surface area contributed by atoms with Crippen LogP contribution in [-0.2, 0) is 6.42 Å². The van der Waals surface area contributed by atoms with Gasteiger partial charge in [-0.2, -0.15) is 0 Å². The molecule has 0 spiro atoms. The Balaban J connectivity index is 2.11. The third-order valence-electron chi connectivity index (χ3n) is 2.49. The summed E-state index contributed by atoms with van der Waals surface area (Å²) in [6, 6.07) is 6.22. The second kappa shape index (κ2) is 4.29. The smallest absolute Gasteiger partial charge is 0.0982 e. The first-order chi connectivity index (χ1) is 6.92. The van der Waals surface area contributed by atoms with Gasteiger partial charge in [-0.05, 0) is 36.5 Å². The van der Waals surface area contributed by atoms with Gasteiger partial charge in [0, 0.05) is 12.2 Å². The van der Waals surface area contributed by atoms with E-state index in [1.165, 1.54) is 16.7 Å². The maximum absolute atomic E-state index is 8.69. The molecule has 0 radical (unpaired) electrons. The van der Waals surface area contributed by atoms with Gasteiger partial charge < -0.3 is 9.52 Å². The van der Waals surface area contributed by atoms with E-state index in [2.05, 4.69) is 12.1 Å². The molecule has 1 aliphatic heterocycles. The van der Waals surface area contributed by atoms with Crippen molar-refractivity contribution in [2.45, 2.75) is 19.3 Å². The number of aryl methyl sites for hydroxylation is 1. The predicted octanol–water partition coefficient (Wildman–Crippen LogP) is 2.70. The topological polar surface area (TPSA) is 33.4 Å². The van der Waals surface area contributed by atoms with E-state index in [0.29, 0.717) is 0 Å². The fraction of sp³-hybridized carbons (Fsp3) is 0.333. The summed E-state index contributed by atoms with van der Waals surface area (Å²) < 4.78 is 5.15. The maximum Gasteiger partial charge on any atom is 0.0982 e. The molecule has 1 N–H and O–H groups in total. The van der Waals surface area contributed by atoms with Gasteiger partial charge in [-0.1, -0.05) is 12.1 Å². The van der Waals surface area contributed by atoms with Crippen molar-refractivity contribution in [1.29, 1.82) is 0 Å². The predicted molar refractivity (Wildman–Crippen MR) is 55.4 cm³/mol. The maximum atomic E-state index is 8.69. The molecule has 1 heterocycles. The fourth-order valence-electron chi connectivity index (χ4n) is 1.71. The molecular weight excluding hydrogens is 176 g/mol. The summed E-state index contributed by atoms with van der Waals surface area (Å²) in [5, 5.41) is 8.69. The summed E-state index contributed by atoms with van der Waals surface area (Å²) in [5.41, 5.74) is 3.75. The monoisotopic (exact) mass is 190 g/mol. The van der Waals surface area contributed by atoms with E-state index in [-0.39, 0.29) is 6.61 Å². The Bertz CT molecular complexity index is 365. The fourth-order valence-corrected chi connectivity index (χ4v) is 1.71. The molecule has 0 aromatic carbocycles. The lowest BCUT2D eigenvalue weighted by molar-refractivity contribution is 0.284. The number of unbranched alkanes of at least 4 members (excludes halogenated alkanes) is 1. The zero-order valence-electron chi connectivity index (χ0n) is 8.07. The summed E-state index contributed by atoms with van der Waals surface area (Å²) in [7, 11) is 0. The first kappa shape index (κ1) is 9.28. The van der Waals surface area contributed by atoms with Crippen molar-refractivity contribution in [3.05, 3.63) is 36.3 Å². The van der Waals surface area contributed by atoms with E-state index in [1.807, 2.05) is 6.07 Å². The van der Waals surface area contributed by atoms with Gasteiger partial charge in [-0.3, -0.25) is 0 Å². The minimum absolute atomic E-state index is 0.281. The second-order valence-electron chi connectivity index (χ2n) is 3.46. The summed E-state index contributed by atoms with van der Waals surface area (Å²) >= 11 is 0. The van der Waals surface area contributed by atoms with Gasteiger partial charge in [0.1, 0.15) is 0 Å². The average molecular weight is 190 g/mol. The molecular formula is C12H14O2. The highest BCUT2D eigenvalue weighted by Crippen LogP contribution is 2.28. The Morgan fingerprint density at radius 1 is 1.14 bits per heavy atom. The number of fused-ring (bicyclic) bond motifs is 1. The van der Waals surface area contributed by atoms with Crippen molar-refractivity contribution in [1.82, 2.24) is 0 Å². The number of hydrogen-bond acceptors (Lipinski definition) is 2. The molecule has 2 nitrogen and oxygen atoms in total. The lowest BCUT2D eigenvalue weighted by atomic mass is 10.1. The minimum atomic E-state index is 0.281. The highest BCUT2D eigenvalue weighted by atomic mass is 16.3. The first-order valence-corrected chi connectivity index (χ1v) is 4.96. The molecule has 0 saturated heterocycles. The molecule has 0 unspecified atom stereocenters. The Morgan fingerprint density at radius 3 is 2.93 bits per heavy atom. The molecule has 2 heteroatoms. The number of rotatable bonds is 4. The summed E-state index contributed by atoms with van der Waals surface area (Å²) in [5.74, 6) is 0. The zero-order chi connectivity index (χ0) is 9.80. The molecule has 0 saturated carbocycles. The summed E-state index contributed by atoms with van der Waals surface area (Å²) in [4.78, 5) is 0.